The molecule has 0 aliphatic rings. The van der Waals surface area contributed by atoms with Gasteiger partial charge in [0, 0.05) is 14.2 Å². The van der Waals surface area contributed by atoms with Crippen LogP contribution in [0.5, 0.6) is 0 Å². The number of methoxy groups -OCH3 is 2. The molecule has 0 saturated carbocycles. The third-order valence-corrected chi connectivity index (χ3v) is 2.35. The highest BCUT2D eigenvalue weighted by Crippen LogP contribution is 2.02. The van der Waals surface area contributed by atoms with E-state index < -0.39 is 18.7 Å². The average Bonchev–Trinajstić information content (AvgIpc) is 2.50. The Morgan fingerprint density at radius 2 is 1.43 bits per heavy atom. The van der Waals surface area contributed by atoms with E-state index in [0.29, 0.717) is 6.42 Å². The Morgan fingerprint density at radius 1 is 0.905 bits per heavy atom. The first-order valence-corrected chi connectivity index (χ1v) is 6.82. The number of aliphatic hydroxyl groups excluding tert-OH is 4. The molecule has 0 aromatic carbocycles. The van der Waals surface area contributed by atoms with E-state index >= 15 is 0 Å². The first kappa shape index (κ1) is 23.0. The smallest absolute Gasteiger partial charge is 0.180 e. The van der Waals surface area contributed by atoms with Crippen LogP contribution in [0.1, 0.15) is 20.3 Å². The quantitative estimate of drug-likeness (QED) is 0.362. The molecule has 0 aliphatic heterocycles. The van der Waals surface area contributed by atoms with E-state index in [4.69, 9.17) is 34.6 Å². The Bertz CT molecular complexity index is 181. The molecule has 0 fully saturated rings. The lowest BCUT2D eigenvalue weighted by atomic mass is 10.3. The Labute approximate surface area is 126 Å². The van der Waals surface area contributed by atoms with Crippen LogP contribution in [0.25, 0.3) is 0 Å². The second-order valence-electron chi connectivity index (χ2n) is 4.23. The summed E-state index contributed by atoms with van der Waals surface area (Å²) >= 11 is 0. The maximum Gasteiger partial charge on any atom is 0.180 e. The van der Waals surface area contributed by atoms with Crippen molar-refractivity contribution in [3.05, 3.63) is 0 Å². The SMILES string of the molecule is CCC(CO)OC(CO)OC.COC(CO)OCC(C)O. The monoisotopic (exact) mass is 314 g/mol. The van der Waals surface area contributed by atoms with Gasteiger partial charge in [-0.25, -0.2) is 0 Å². The molecular weight excluding hydrogens is 284 g/mol. The normalized spacial score (nSPS) is 16.6. The molecule has 0 rings (SSSR count). The van der Waals surface area contributed by atoms with Gasteiger partial charge in [0.15, 0.2) is 12.6 Å². The van der Waals surface area contributed by atoms with E-state index in [-0.39, 0.29) is 32.5 Å². The first-order valence-electron chi connectivity index (χ1n) is 6.82. The van der Waals surface area contributed by atoms with Crippen LogP contribution in [0.2, 0.25) is 0 Å². The van der Waals surface area contributed by atoms with Crippen LogP contribution >= 0.6 is 0 Å². The molecule has 4 atom stereocenters. The Hall–Kier alpha value is -0.320. The van der Waals surface area contributed by atoms with E-state index in [2.05, 4.69) is 4.74 Å². The molecule has 0 spiro atoms. The molecule has 21 heavy (non-hydrogen) atoms. The van der Waals surface area contributed by atoms with Crippen molar-refractivity contribution in [1.29, 1.82) is 0 Å². The predicted molar refractivity (Wildman–Crippen MR) is 75.6 cm³/mol. The minimum absolute atomic E-state index is 0.0453. The van der Waals surface area contributed by atoms with E-state index in [1.54, 1.807) is 6.92 Å². The molecule has 130 valence electrons. The molecular formula is C13H30O8. The van der Waals surface area contributed by atoms with Gasteiger partial charge in [0.25, 0.3) is 0 Å². The molecule has 0 amide bonds. The number of ether oxygens (including phenoxy) is 4. The van der Waals surface area contributed by atoms with Gasteiger partial charge in [-0.15, -0.1) is 0 Å². The van der Waals surface area contributed by atoms with E-state index in [1.165, 1.54) is 14.2 Å². The fourth-order valence-corrected chi connectivity index (χ4v) is 1.10. The maximum atomic E-state index is 8.73. The summed E-state index contributed by atoms with van der Waals surface area (Å²) in [6, 6.07) is 0. The fourth-order valence-electron chi connectivity index (χ4n) is 1.10. The molecule has 8 nitrogen and oxygen atoms in total. The Kier molecular flexibility index (Phi) is 17.6. The third-order valence-electron chi connectivity index (χ3n) is 2.35. The summed E-state index contributed by atoms with van der Waals surface area (Å²) in [7, 11) is 2.88. The molecule has 8 heteroatoms. The highest BCUT2D eigenvalue weighted by Gasteiger charge is 2.12. The molecule has 0 radical (unpaired) electrons. The molecule has 0 saturated heterocycles. The van der Waals surface area contributed by atoms with Crippen LogP contribution in [0.15, 0.2) is 0 Å². The summed E-state index contributed by atoms with van der Waals surface area (Å²) in [6.45, 7) is 3.25. The number of rotatable bonds is 11. The molecule has 0 aromatic heterocycles. The highest BCUT2D eigenvalue weighted by atomic mass is 16.7. The van der Waals surface area contributed by atoms with Gasteiger partial charge in [0.1, 0.15) is 0 Å². The molecule has 0 heterocycles. The summed E-state index contributed by atoms with van der Waals surface area (Å²) in [4.78, 5) is 0. The van der Waals surface area contributed by atoms with Crippen molar-refractivity contribution in [3.8, 4) is 0 Å². The van der Waals surface area contributed by atoms with Crippen molar-refractivity contribution in [1.82, 2.24) is 0 Å². The number of hydrogen-bond acceptors (Lipinski definition) is 8. The zero-order valence-corrected chi connectivity index (χ0v) is 13.3. The predicted octanol–water partition coefficient (Wildman–Crippen LogP) is -0.913. The van der Waals surface area contributed by atoms with Gasteiger partial charge in [-0.1, -0.05) is 6.92 Å². The Balaban J connectivity index is 0. The van der Waals surface area contributed by atoms with E-state index in [9.17, 15) is 0 Å². The minimum Gasteiger partial charge on any atom is -0.394 e. The number of aliphatic hydroxyl groups is 4. The van der Waals surface area contributed by atoms with Crippen molar-refractivity contribution in [2.24, 2.45) is 0 Å². The molecule has 4 unspecified atom stereocenters. The van der Waals surface area contributed by atoms with Crippen LogP contribution in [0.4, 0.5) is 0 Å². The molecule has 0 aliphatic carbocycles. The van der Waals surface area contributed by atoms with Crippen LogP contribution in [-0.4, -0.2) is 85.9 Å². The van der Waals surface area contributed by atoms with E-state index in [1.807, 2.05) is 6.92 Å². The van der Waals surface area contributed by atoms with Crippen molar-refractivity contribution in [3.63, 3.8) is 0 Å². The van der Waals surface area contributed by atoms with Crippen molar-refractivity contribution < 1.29 is 39.4 Å². The second-order valence-corrected chi connectivity index (χ2v) is 4.23. The molecule has 0 aromatic rings. The topological polar surface area (TPSA) is 118 Å². The van der Waals surface area contributed by atoms with Gasteiger partial charge in [-0.3, -0.25) is 0 Å². The first-order chi connectivity index (χ1) is 9.98. The highest BCUT2D eigenvalue weighted by molar-refractivity contribution is 4.53. The summed E-state index contributed by atoms with van der Waals surface area (Å²) in [5.74, 6) is 0. The zero-order valence-electron chi connectivity index (χ0n) is 13.3. The van der Waals surface area contributed by atoms with Crippen LogP contribution in [0, 0.1) is 0 Å². The molecule has 4 N–H and O–H groups in total. The van der Waals surface area contributed by atoms with Crippen LogP contribution in [0.3, 0.4) is 0 Å². The van der Waals surface area contributed by atoms with Crippen molar-refractivity contribution in [2.75, 3.05) is 40.6 Å². The summed E-state index contributed by atoms with van der Waals surface area (Å²) < 4.78 is 19.4. The van der Waals surface area contributed by atoms with Gasteiger partial charge < -0.3 is 39.4 Å². The summed E-state index contributed by atoms with van der Waals surface area (Å²) in [6.07, 6.45) is -1.30. The molecule has 0 bridgehead atoms. The largest absolute Gasteiger partial charge is 0.394 e. The lowest BCUT2D eigenvalue weighted by Crippen LogP contribution is -2.28. The van der Waals surface area contributed by atoms with Crippen molar-refractivity contribution in [2.45, 2.75) is 45.1 Å². The van der Waals surface area contributed by atoms with E-state index in [0.717, 1.165) is 0 Å². The van der Waals surface area contributed by atoms with Gasteiger partial charge in [-0.2, -0.15) is 0 Å². The van der Waals surface area contributed by atoms with Gasteiger partial charge in [0.05, 0.1) is 38.6 Å². The van der Waals surface area contributed by atoms with Gasteiger partial charge in [-0.05, 0) is 13.3 Å². The van der Waals surface area contributed by atoms with Crippen molar-refractivity contribution >= 4 is 0 Å². The van der Waals surface area contributed by atoms with Crippen LogP contribution in [-0.2, 0) is 18.9 Å². The lowest BCUT2D eigenvalue weighted by molar-refractivity contribution is -0.181. The average molecular weight is 314 g/mol. The second kappa shape index (κ2) is 16.1. The summed E-state index contributed by atoms with van der Waals surface area (Å²) in [5, 5.41) is 34.6. The zero-order chi connectivity index (χ0) is 16.7. The summed E-state index contributed by atoms with van der Waals surface area (Å²) in [5.41, 5.74) is 0. The standard InChI is InChI=1S/C7H16O4.C6H14O4/c1-3-6(4-8)11-7(5-9)10-2;1-5(8)4-10-6(3-7)9-2/h6-9H,3-5H2,1-2H3;5-8H,3-4H2,1-2H3. The lowest BCUT2D eigenvalue weighted by Gasteiger charge is -2.19. The Morgan fingerprint density at radius 3 is 1.71 bits per heavy atom. The van der Waals surface area contributed by atoms with Crippen LogP contribution < -0.4 is 0 Å². The van der Waals surface area contributed by atoms with Gasteiger partial charge in [0.2, 0.25) is 0 Å². The fraction of sp³-hybridized carbons (Fsp3) is 1.00. The third kappa shape index (κ3) is 14.4. The number of hydrogen-bond donors (Lipinski definition) is 4. The van der Waals surface area contributed by atoms with Gasteiger partial charge >= 0.3 is 0 Å². The minimum atomic E-state index is -0.618. The maximum absolute atomic E-state index is 8.73.